The molecule has 0 radical (unpaired) electrons. The van der Waals surface area contributed by atoms with Crippen molar-refractivity contribution >= 4 is 17.2 Å². The first-order chi connectivity index (χ1) is 9.60. The average molecular weight is 285 g/mol. The maximum absolute atomic E-state index is 5.87. The van der Waals surface area contributed by atoms with E-state index in [4.69, 9.17) is 22.7 Å². The fourth-order valence-corrected chi connectivity index (χ4v) is 2.07. The summed E-state index contributed by atoms with van der Waals surface area (Å²) in [5.74, 6) is 0.829. The summed E-state index contributed by atoms with van der Waals surface area (Å²) in [4.78, 5) is 0.391. The number of rotatable bonds is 5. The molecular formula is C17H19NOS. The van der Waals surface area contributed by atoms with Gasteiger partial charge in [-0.3, -0.25) is 0 Å². The number of thiocarbonyl (C=S) groups is 1. The summed E-state index contributed by atoms with van der Waals surface area (Å²) in [6, 6.07) is 14.3. The minimum absolute atomic E-state index is 0.391. The Morgan fingerprint density at radius 1 is 1.10 bits per heavy atom. The van der Waals surface area contributed by atoms with Crippen molar-refractivity contribution in [2.24, 2.45) is 5.73 Å². The Bertz CT molecular complexity index is 605. The van der Waals surface area contributed by atoms with Crippen molar-refractivity contribution < 1.29 is 4.74 Å². The van der Waals surface area contributed by atoms with Crippen LogP contribution in [0.5, 0.6) is 5.75 Å². The second-order valence-electron chi connectivity index (χ2n) is 4.80. The van der Waals surface area contributed by atoms with Crippen LogP contribution >= 0.6 is 12.2 Å². The van der Waals surface area contributed by atoms with E-state index in [1.807, 2.05) is 25.1 Å². The van der Waals surface area contributed by atoms with Crippen LogP contribution in [0.1, 0.15) is 29.2 Å². The highest BCUT2D eigenvalue weighted by atomic mass is 32.1. The Morgan fingerprint density at radius 2 is 1.75 bits per heavy atom. The minimum Gasteiger partial charge on any atom is -0.489 e. The molecule has 0 aliphatic rings. The normalized spacial score (nSPS) is 10.3. The van der Waals surface area contributed by atoms with E-state index in [9.17, 15) is 0 Å². The third kappa shape index (κ3) is 3.58. The molecule has 3 heteroatoms. The molecule has 0 saturated carbocycles. The summed E-state index contributed by atoms with van der Waals surface area (Å²) in [5.41, 5.74) is 10.1. The Morgan fingerprint density at radius 3 is 2.35 bits per heavy atom. The monoisotopic (exact) mass is 285 g/mol. The van der Waals surface area contributed by atoms with E-state index < -0.39 is 0 Å². The lowest BCUT2D eigenvalue weighted by atomic mass is 10.1. The molecule has 104 valence electrons. The molecule has 0 atom stereocenters. The van der Waals surface area contributed by atoms with Crippen LogP contribution in [-0.4, -0.2) is 4.99 Å². The minimum atomic E-state index is 0.391. The van der Waals surface area contributed by atoms with Gasteiger partial charge in [-0.25, -0.2) is 0 Å². The molecule has 0 amide bonds. The van der Waals surface area contributed by atoms with Gasteiger partial charge in [0.25, 0.3) is 0 Å². The summed E-state index contributed by atoms with van der Waals surface area (Å²) in [6.07, 6.45) is 1.05. The van der Waals surface area contributed by atoms with E-state index in [0.29, 0.717) is 11.6 Å². The first-order valence-corrected chi connectivity index (χ1v) is 7.12. The fraction of sp³-hybridized carbons (Fsp3) is 0.235. The van der Waals surface area contributed by atoms with Crippen LogP contribution in [0.2, 0.25) is 0 Å². The van der Waals surface area contributed by atoms with Gasteiger partial charge in [-0.1, -0.05) is 55.5 Å². The molecule has 0 aliphatic heterocycles. The average Bonchev–Trinajstić information content (AvgIpc) is 2.46. The summed E-state index contributed by atoms with van der Waals surface area (Å²) >= 11 is 4.99. The van der Waals surface area contributed by atoms with E-state index in [2.05, 4.69) is 31.2 Å². The van der Waals surface area contributed by atoms with Crippen LogP contribution in [0.4, 0.5) is 0 Å². The van der Waals surface area contributed by atoms with E-state index in [1.165, 1.54) is 5.56 Å². The maximum atomic E-state index is 5.87. The van der Waals surface area contributed by atoms with Crippen molar-refractivity contribution in [2.45, 2.75) is 26.9 Å². The predicted octanol–water partition coefficient (Wildman–Crippen LogP) is 3.77. The van der Waals surface area contributed by atoms with Gasteiger partial charge in [-0.05, 0) is 36.1 Å². The van der Waals surface area contributed by atoms with Gasteiger partial charge in [0.05, 0.1) is 0 Å². The molecule has 2 aromatic carbocycles. The van der Waals surface area contributed by atoms with E-state index in [0.717, 1.165) is 28.9 Å². The molecule has 20 heavy (non-hydrogen) atoms. The second kappa shape index (κ2) is 6.53. The van der Waals surface area contributed by atoms with Gasteiger partial charge in [0.15, 0.2) is 0 Å². The quantitative estimate of drug-likeness (QED) is 0.849. The van der Waals surface area contributed by atoms with Gasteiger partial charge >= 0.3 is 0 Å². The molecule has 0 bridgehead atoms. The van der Waals surface area contributed by atoms with Crippen molar-refractivity contribution in [1.82, 2.24) is 0 Å². The number of hydrogen-bond acceptors (Lipinski definition) is 2. The molecule has 0 saturated heterocycles. The largest absolute Gasteiger partial charge is 0.489 e. The number of benzene rings is 2. The zero-order chi connectivity index (χ0) is 14.5. The Kier molecular flexibility index (Phi) is 4.74. The summed E-state index contributed by atoms with van der Waals surface area (Å²) in [7, 11) is 0. The van der Waals surface area contributed by atoms with E-state index in [1.54, 1.807) is 0 Å². The number of ether oxygens (including phenoxy) is 1. The highest BCUT2D eigenvalue weighted by molar-refractivity contribution is 7.80. The van der Waals surface area contributed by atoms with Crippen molar-refractivity contribution in [2.75, 3.05) is 0 Å². The topological polar surface area (TPSA) is 35.2 Å². The number of hydrogen-bond donors (Lipinski definition) is 1. The zero-order valence-corrected chi connectivity index (χ0v) is 12.7. The number of aryl methyl sites for hydroxylation is 2. The Balaban J connectivity index is 2.09. The van der Waals surface area contributed by atoms with Gasteiger partial charge in [0.2, 0.25) is 0 Å². The lowest BCUT2D eigenvalue weighted by molar-refractivity contribution is 0.304. The van der Waals surface area contributed by atoms with E-state index >= 15 is 0 Å². The summed E-state index contributed by atoms with van der Waals surface area (Å²) in [5, 5.41) is 0. The predicted molar refractivity (Wildman–Crippen MR) is 87.2 cm³/mol. The van der Waals surface area contributed by atoms with Gasteiger partial charge in [0.1, 0.15) is 17.3 Å². The van der Waals surface area contributed by atoms with Crippen molar-refractivity contribution in [3.63, 3.8) is 0 Å². The molecule has 0 aromatic heterocycles. The Hall–Kier alpha value is -1.87. The van der Waals surface area contributed by atoms with Crippen LogP contribution in [0.15, 0.2) is 42.5 Å². The van der Waals surface area contributed by atoms with E-state index in [-0.39, 0.29) is 0 Å². The molecule has 0 aliphatic carbocycles. The van der Waals surface area contributed by atoms with Gasteiger partial charge in [0, 0.05) is 5.56 Å². The summed E-state index contributed by atoms with van der Waals surface area (Å²) < 4.78 is 5.87. The SMILES string of the molecule is CCc1ccc(COc2cc(C(N)=S)ccc2C)cc1. The molecule has 0 spiro atoms. The van der Waals surface area contributed by atoms with Crippen LogP contribution in [0.3, 0.4) is 0 Å². The molecule has 0 unspecified atom stereocenters. The number of nitrogens with two attached hydrogens (primary N) is 1. The third-order valence-electron chi connectivity index (χ3n) is 3.30. The molecule has 2 N–H and O–H groups in total. The molecule has 2 rings (SSSR count). The molecule has 0 fully saturated rings. The molecular weight excluding hydrogens is 266 g/mol. The van der Waals surface area contributed by atoms with Crippen LogP contribution in [0, 0.1) is 6.92 Å². The van der Waals surface area contributed by atoms with Crippen molar-refractivity contribution in [1.29, 1.82) is 0 Å². The molecule has 2 nitrogen and oxygen atoms in total. The van der Waals surface area contributed by atoms with Gasteiger partial charge in [-0.15, -0.1) is 0 Å². The fourth-order valence-electron chi connectivity index (χ4n) is 1.94. The second-order valence-corrected chi connectivity index (χ2v) is 5.24. The highest BCUT2D eigenvalue weighted by Gasteiger charge is 2.04. The molecule has 0 heterocycles. The van der Waals surface area contributed by atoms with Crippen molar-refractivity contribution in [3.8, 4) is 5.75 Å². The molecule has 2 aromatic rings. The third-order valence-corrected chi connectivity index (χ3v) is 3.53. The smallest absolute Gasteiger partial charge is 0.123 e. The first-order valence-electron chi connectivity index (χ1n) is 6.71. The Labute approximate surface area is 125 Å². The van der Waals surface area contributed by atoms with Crippen LogP contribution in [-0.2, 0) is 13.0 Å². The lowest BCUT2D eigenvalue weighted by Crippen LogP contribution is -2.09. The van der Waals surface area contributed by atoms with Crippen molar-refractivity contribution in [3.05, 3.63) is 64.7 Å². The van der Waals surface area contributed by atoms with Gasteiger partial charge in [-0.2, -0.15) is 0 Å². The maximum Gasteiger partial charge on any atom is 0.123 e. The standard InChI is InChI=1S/C17H19NOS/c1-3-13-5-7-14(8-6-13)11-19-16-10-15(17(18)20)9-4-12(16)2/h4-10H,3,11H2,1-2H3,(H2,18,20). The zero-order valence-electron chi connectivity index (χ0n) is 11.8. The van der Waals surface area contributed by atoms with Gasteiger partial charge < -0.3 is 10.5 Å². The first kappa shape index (κ1) is 14.5. The lowest BCUT2D eigenvalue weighted by Gasteiger charge is -2.11. The summed E-state index contributed by atoms with van der Waals surface area (Å²) in [6.45, 7) is 4.71. The van der Waals surface area contributed by atoms with Crippen LogP contribution in [0.25, 0.3) is 0 Å². The van der Waals surface area contributed by atoms with Crippen LogP contribution < -0.4 is 10.5 Å². The highest BCUT2D eigenvalue weighted by Crippen LogP contribution is 2.21.